The van der Waals surface area contributed by atoms with Crippen molar-refractivity contribution in [2.24, 2.45) is 11.8 Å². The van der Waals surface area contributed by atoms with Crippen LogP contribution in [0.3, 0.4) is 0 Å². The molecule has 0 aromatic carbocycles. The zero-order valence-corrected chi connectivity index (χ0v) is 8.78. The van der Waals surface area contributed by atoms with E-state index < -0.39 is 5.97 Å². The summed E-state index contributed by atoms with van der Waals surface area (Å²) in [7, 11) is 0. The van der Waals surface area contributed by atoms with E-state index in [2.05, 4.69) is 11.8 Å². The summed E-state index contributed by atoms with van der Waals surface area (Å²) >= 11 is 0. The highest BCUT2D eigenvalue weighted by Crippen LogP contribution is 2.32. The maximum Gasteiger partial charge on any atom is 0.306 e. The second kappa shape index (κ2) is 3.89. The van der Waals surface area contributed by atoms with Gasteiger partial charge in [-0.3, -0.25) is 4.79 Å². The summed E-state index contributed by atoms with van der Waals surface area (Å²) in [6, 6.07) is 0.463. The number of carboxylic acid groups (broad SMARTS) is 1. The number of carboxylic acids is 1. The molecule has 2 aliphatic rings. The Bertz CT molecular complexity index is 225. The van der Waals surface area contributed by atoms with Gasteiger partial charge in [-0.25, -0.2) is 0 Å². The first-order chi connectivity index (χ1) is 6.66. The lowest BCUT2D eigenvalue weighted by molar-refractivity contribution is -0.144. The number of aliphatic carboxylic acids is 1. The largest absolute Gasteiger partial charge is 0.481 e. The molecule has 0 aromatic heterocycles. The van der Waals surface area contributed by atoms with E-state index in [1.165, 1.54) is 19.4 Å². The molecule has 2 fully saturated rings. The van der Waals surface area contributed by atoms with Gasteiger partial charge >= 0.3 is 5.97 Å². The lowest BCUT2D eigenvalue weighted by Crippen LogP contribution is -2.43. The fourth-order valence-electron chi connectivity index (χ4n) is 2.35. The molecule has 0 aromatic rings. The Morgan fingerprint density at radius 3 is 2.64 bits per heavy atom. The van der Waals surface area contributed by atoms with Gasteiger partial charge in [0.25, 0.3) is 0 Å². The van der Waals surface area contributed by atoms with Gasteiger partial charge in [0.1, 0.15) is 0 Å². The molecule has 14 heavy (non-hydrogen) atoms. The topological polar surface area (TPSA) is 40.5 Å². The molecule has 2 unspecified atom stereocenters. The highest BCUT2D eigenvalue weighted by Gasteiger charge is 2.32. The third-order valence-electron chi connectivity index (χ3n) is 3.55. The van der Waals surface area contributed by atoms with Crippen molar-refractivity contribution < 1.29 is 9.90 Å². The van der Waals surface area contributed by atoms with E-state index in [0.717, 1.165) is 25.3 Å². The Kier molecular flexibility index (Phi) is 2.77. The van der Waals surface area contributed by atoms with Gasteiger partial charge in [0.05, 0.1) is 5.92 Å². The maximum atomic E-state index is 10.8. The molecule has 1 N–H and O–H groups in total. The first-order valence-electron chi connectivity index (χ1n) is 5.63. The van der Waals surface area contributed by atoms with E-state index in [4.69, 9.17) is 5.11 Å². The fraction of sp³-hybridized carbons (Fsp3) is 0.909. The number of carbonyl (C=O) groups is 1. The van der Waals surface area contributed by atoms with Gasteiger partial charge in [0, 0.05) is 12.6 Å². The standard InChI is InChI=1S/C11H19NO2/c1-8-6-10(11(13)14)4-5-12(8)7-9-2-3-9/h8-10H,2-7H2,1H3,(H,13,14). The summed E-state index contributed by atoms with van der Waals surface area (Å²) in [6.07, 6.45) is 4.44. The number of hydrogen-bond donors (Lipinski definition) is 1. The van der Waals surface area contributed by atoms with Crippen LogP contribution in [-0.2, 0) is 4.79 Å². The Balaban J connectivity index is 1.82. The highest BCUT2D eigenvalue weighted by atomic mass is 16.4. The van der Waals surface area contributed by atoms with Crippen molar-refractivity contribution in [3.63, 3.8) is 0 Å². The van der Waals surface area contributed by atoms with Gasteiger partial charge in [-0.2, -0.15) is 0 Å². The molecule has 2 atom stereocenters. The molecule has 3 nitrogen and oxygen atoms in total. The Hall–Kier alpha value is -0.570. The van der Waals surface area contributed by atoms with Crippen molar-refractivity contribution in [3.8, 4) is 0 Å². The van der Waals surface area contributed by atoms with Crippen LogP contribution in [0.5, 0.6) is 0 Å². The zero-order valence-electron chi connectivity index (χ0n) is 8.78. The van der Waals surface area contributed by atoms with E-state index in [-0.39, 0.29) is 5.92 Å². The summed E-state index contributed by atoms with van der Waals surface area (Å²) in [5, 5.41) is 8.92. The number of likely N-dealkylation sites (tertiary alicyclic amines) is 1. The highest BCUT2D eigenvalue weighted by molar-refractivity contribution is 5.70. The average molecular weight is 197 g/mol. The number of nitrogens with zero attached hydrogens (tertiary/aromatic N) is 1. The van der Waals surface area contributed by atoms with Crippen molar-refractivity contribution in [3.05, 3.63) is 0 Å². The zero-order chi connectivity index (χ0) is 10.1. The van der Waals surface area contributed by atoms with E-state index in [0.29, 0.717) is 6.04 Å². The normalized spacial score (nSPS) is 34.4. The minimum absolute atomic E-state index is 0.0968. The van der Waals surface area contributed by atoms with E-state index in [9.17, 15) is 4.79 Å². The van der Waals surface area contributed by atoms with Gasteiger partial charge in [0.15, 0.2) is 0 Å². The lowest BCUT2D eigenvalue weighted by Gasteiger charge is -2.36. The van der Waals surface area contributed by atoms with Crippen LogP contribution in [0.15, 0.2) is 0 Å². The minimum Gasteiger partial charge on any atom is -0.481 e. The summed E-state index contributed by atoms with van der Waals surface area (Å²) in [5.74, 6) is 0.210. The second-order valence-electron chi connectivity index (χ2n) is 4.85. The Morgan fingerprint density at radius 1 is 1.43 bits per heavy atom. The maximum absolute atomic E-state index is 10.8. The summed E-state index contributed by atoms with van der Waals surface area (Å²) in [4.78, 5) is 13.3. The first-order valence-corrected chi connectivity index (χ1v) is 5.63. The molecule has 0 radical (unpaired) electrons. The molecule has 3 heteroatoms. The van der Waals surface area contributed by atoms with Crippen molar-refractivity contribution in [1.29, 1.82) is 0 Å². The van der Waals surface area contributed by atoms with Crippen LogP contribution >= 0.6 is 0 Å². The van der Waals surface area contributed by atoms with Crippen LogP contribution in [0.1, 0.15) is 32.6 Å². The van der Waals surface area contributed by atoms with Crippen LogP contribution in [-0.4, -0.2) is 35.1 Å². The molecule has 1 saturated carbocycles. The molecule has 1 saturated heterocycles. The third kappa shape index (κ3) is 2.27. The molecule has 80 valence electrons. The number of piperidine rings is 1. The predicted molar refractivity (Wildman–Crippen MR) is 54.1 cm³/mol. The van der Waals surface area contributed by atoms with Crippen molar-refractivity contribution >= 4 is 5.97 Å². The average Bonchev–Trinajstić information content (AvgIpc) is 2.92. The minimum atomic E-state index is -0.608. The van der Waals surface area contributed by atoms with Crippen LogP contribution in [0.4, 0.5) is 0 Å². The van der Waals surface area contributed by atoms with Gasteiger partial charge in [-0.15, -0.1) is 0 Å². The summed E-state index contributed by atoms with van der Waals surface area (Å²) in [5.41, 5.74) is 0. The Morgan fingerprint density at radius 2 is 2.14 bits per heavy atom. The van der Waals surface area contributed by atoms with E-state index in [1.54, 1.807) is 0 Å². The van der Waals surface area contributed by atoms with E-state index in [1.807, 2.05) is 0 Å². The van der Waals surface area contributed by atoms with Crippen LogP contribution in [0.25, 0.3) is 0 Å². The quantitative estimate of drug-likeness (QED) is 0.746. The summed E-state index contributed by atoms with van der Waals surface area (Å²) < 4.78 is 0. The van der Waals surface area contributed by atoms with Gasteiger partial charge in [-0.05, 0) is 45.1 Å². The molecule has 1 aliphatic heterocycles. The molecule has 0 spiro atoms. The Labute approximate surface area is 85.1 Å². The van der Waals surface area contributed by atoms with Crippen molar-refractivity contribution in [1.82, 2.24) is 4.90 Å². The van der Waals surface area contributed by atoms with Gasteiger partial charge in [0.2, 0.25) is 0 Å². The third-order valence-corrected chi connectivity index (χ3v) is 3.55. The predicted octanol–water partition coefficient (Wildman–Crippen LogP) is 1.58. The summed E-state index contributed by atoms with van der Waals surface area (Å²) in [6.45, 7) is 4.35. The molecule has 1 aliphatic carbocycles. The first kappa shape index (κ1) is 9.97. The van der Waals surface area contributed by atoms with Crippen LogP contribution in [0.2, 0.25) is 0 Å². The van der Waals surface area contributed by atoms with Crippen LogP contribution < -0.4 is 0 Å². The van der Waals surface area contributed by atoms with E-state index >= 15 is 0 Å². The van der Waals surface area contributed by atoms with Crippen LogP contribution in [0, 0.1) is 11.8 Å². The van der Waals surface area contributed by atoms with Crippen molar-refractivity contribution in [2.75, 3.05) is 13.1 Å². The lowest BCUT2D eigenvalue weighted by atomic mass is 9.91. The molecular formula is C11H19NO2. The molecule has 0 bridgehead atoms. The monoisotopic (exact) mass is 197 g/mol. The number of hydrogen-bond acceptors (Lipinski definition) is 2. The SMILES string of the molecule is CC1CC(C(=O)O)CCN1CC1CC1. The molecular weight excluding hydrogens is 178 g/mol. The van der Waals surface area contributed by atoms with Gasteiger partial charge < -0.3 is 10.0 Å². The van der Waals surface area contributed by atoms with Gasteiger partial charge in [-0.1, -0.05) is 0 Å². The number of rotatable bonds is 3. The molecule has 1 heterocycles. The second-order valence-corrected chi connectivity index (χ2v) is 4.85. The fourth-order valence-corrected chi connectivity index (χ4v) is 2.35. The molecule has 2 rings (SSSR count). The van der Waals surface area contributed by atoms with Crippen molar-refractivity contribution in [2.45, 2.75) is 38.6 Å². The smallest absolute Gasteiger partial charge is 0.306 e. The molecule has 0 amide bonds.